The number of aliphatic carboxylic acids is 1. The fraction of sp³-hybridized carbons (Fsp3) is 0.250. The molecule has 6 N–H and O–H groups in total. The molecule has 0 spiro atoms. The van der Waals surface area contributed by atoms with Gasteiger partial charge in [-0.15, -0.1) is 0 Å². The van der Waals surface area contributed by atoms with Gasteiger partial charge in [-0.1, -0.05) is 6.07 Å². The molecule has 168 valence electrons. The zero-order chi connectivity index (χ0) is 23.1. The lowest BCUT2D eigenvalue weighted by molar-refractivity contribution is -0.145. The van der Waals surface area contributed by atoms with Crippen LogP contribution in [0.2, 0.25) is 0 Å². The van der Waals surface area contributed by atoms with Crippen LogP contribution in [0.4, 0.5) is 0 Å². The van der Waals surface area contributed by atoms with E-state index in [0.717, 1.165) is 4.73 Å². The van der Waals surface area contributed by atoms with E-state index in [-0.39, 0.29) is 30.8 Å². The number of carbonyl (C=O) groups is 2. The first kappa shape index (κ1) is 22.5. The van der Waals surface area contributed by atoms with Crippen molar-refractivity contribution in [3.8, 4) is 11.5 Å². The number of hydrogen-bond donors (Lipinski definition) is 5. The molecule has 12 heteroatoms. The molecule has 0 saturated carbocycles. The summed E-state index contributed by atoms with van der Waals surface area (Å²) in [5.74, 6) is -2.05. The monoisotopic (exact) mass is 442 g/mol. The third kappa shape index (κ3) is 6.15. The van der Waals surface area contributed by atoms with Gasteiger partial charge in [0.05, 0.1) is 18.2 Å². The minimum absolute atomic E-state index is 0.0435. The third-order valence-corrected chi connectivity index (χ3v) is 4.46. The SMILES string of the molecule is N[C@@H](Cc1cnc[nH]1)C(=O)On1cnc(C[C@H](N=CCc2ccc(O)cc2O)C(=O)O)c1. The minimum Gasteiger partial charge on any atom is -0.508 e. The number of aliphatic imine (C=N–C) groups is 1. The van der Waals surface area contributed by atoms with Crippen molar-refractivity contribution in [2.75, 3.05) is 0 Å². The van der Waals surface area contributed by atoms with Crippen LogP contribution in [-0.4, -0.2) is 65.2 Å². The number of nitrogens with zero attached hydrogens (tertiary/aromatic N) is 4. The van der Waals surface area contributed by atoms with Gasteiger partial charge in [-0.2, -0.15) is 4.73 Å². The number of carboxylic acid groups (broad SMARTS) is 1. The number of hydrogen-bond acceptors (Lipinski definition) is 9. The van der Waals surface area contributed by atoms with E-state index in [1.54, 1.807) is 6.20 Å². The Balaban J connectivity index is 1.56. The zero-order valence-electron chi connectivity index (χ0n) is 16.8. The van der Waals surface area contributed by atoms with E-state index in [0.29, 0.717) is 17.0 Å². The van der Waals surface area contributed by atoms with E-state index in [4.69, 9.17) is 10.6 Å². The van der Waals surface area contributed by atoms with Gasteiger partial charge in [0.15, 0.2) is 6.04 Å². The summed E-state index contributed by atoms with van der Waals surface area (Å²) in [6, 6.07) is 2.06. The van der Waals surface area contributed by atoms with Crippen molar-refractivity contribution < 1.29 is 29.7 Å². The predicted octanol–water partition coefficient (Wildman–Crippen LogP) is -0.148. The summed E-state index contributed by atoms with van der Waals surface area (Å²) in [7, 11) is 0. The van der Waals surface area contributed by atoms with Gasteiger partial charge in [0, 0.05) is 43.4 Å². The van der Waals surface area contributed by atoms with Crippen LogP contribution in [0.15, 0.2) is 48.2 Å². The molecule has 12 nitrogen and oxygen atoms in total. The Morgan fingerprint density at radius 3 is 2.81 bits per heavy atom. The summed E-state index contributed by atoms with van der Waals surface area (Å²) < 4.78 is 1.06. The molecule has 1 aromatic carbocycles. The fourth-order valence-electron chi connectivity index (χ4n) is 2.79. The summed E-state index contributed by atoms with van der Waals surface area (Å²) in [4.78, 5) is 43.6. The highest BCUT2D eigenvalue weighted by atomic mass is 16.7. The Hall–Kier alpha value is -4.19. The van der Waals surface area contributed by atoms with Crippen molar-refractivity contribution >= 4 is 18.2 Å². The molecule has 0 radical (unpaired) electrons. The summed E-state index contributed by atoms with van der Waals surface area (Å²) in [5.41, 5.74) is 7.33. The molecule has 0 bridgehead atoms. The number of aromatic nitrogens is 4. The van der Waals surface area contributed by atoms with Crippen molar-refractivity contribution in [2.24, 2.45) is 10.7 Å². The van der Waals surface area contributed by atoms with Gasteiger partial charge in [-0.25, -0.2) is 19.6 Å². The summed E-state index contributed by atoms with van der Waals surface area (Å²) in [6.45, 7) is 0. The molecule has 0 saturated heterocycles. The molecular weight excluding hydrogens is 420 g/mol. The second-order valence-corrected chi connectivity index (χ2v) is 6.93. The van der Waals surface area contributed by atoms with E-state index in [1.807, 2.05) is 0 Å². The van der Waals surface area contributed by atoms with Gasteiger partial charge in [-0.3, -0.25) is 4.99 Å². The van der Waals surface area contributed by atoms with Crippen LogP contribution < -0.4 is 10.6 Å². The average molecular weight is 442 g/mol. The quantitative estimate of drug-likeness (QED) is 0.266. The Kier molecular flexibility index (Phi) is 7.18. The smallest absolute Gasteiger partial charge is 0.349 e. The van der Waals surface area contributed by atoms with Crippen molar-refractivity contribution in [3.05, 3.63) is 60.2 Å². The molecular formula is C20H22N6O6. The Bertz CT molecular complexity index is 1090. The number of nitrogens with two attached hydrogens (primary N) is 1. The lowest BCUT2D eigenvalue weighted by Crippen LogP contribution is -2.39. The number of benzene rings is 1. The molecule has 0 aliphatic carbocycles. The van der Waals surface area contributed by atoms with E-state index >= 15 is 0 Å². The van der Waals surface area contributed by atoms with E-state index in [9.17, 15) is 24.9 Å². The van der Waals surface area contributed by atoms with Gasteiger partial charge in [0.2, 0.25) is 0 Å². The first-order valence-electron chi connectivity index (χ1n) is 9.55. The highest BCUT2D eigenvalue weighted by Crippen LogP contribution is 2.22. The van der Waals surface area contributed by atoms with Gasteiger partial charge in [0.25, 0.3) is 0 Å². The van der Waals surface area contributed by atoms with Crippen LogP contribution in [0, 0.1) is 0 Å². The van der Waals surface area contributed by atoms with E-state index in [2.05, 4.69) is 19.9 Å². The van der Waals surface area contributed by atoms with Crippen LogP contribution in [-0.2, 0) is 28.9 Å². The van der Waals surface area contributed by atoms with Gasteiger partial charge < -0.3 is 30.9 Å². The predicted molar refractivity (Wildman–Crippen MR) is 111 cm³/mol. The topological polar surface area (TPSA) is 189 Å². The largest absolute Gasteiger partial charge is 0.508 e. The van der Waals surface area contributed by atoms with E-state index in [1.165, 1.54) is 43.3 Å². The fourth-order valence-corrected chi connectivity index (χ4v) is 2.79. The van der Waals surface area contributed by atoms with E-state index < -0.39 is 24.0 Å². The molecule has 0 unspecified atom stereocenters. The molecule has 3 rings (SSSR count). The standard InChI is InChI=1S/C20H22N6O6/c21-16(5-13-8-22-10-24-13)20(31)32-26-9-14(25-11-26)6-17(19(29)30)23-4-3-12-1-2-15(27)7-18(12)28/h1-2,4,7-11,16-17,27-28H,3,5-6,21H2,(H,22,24)(H,29,30)/t16-,17-/m0/s1. The summed E-state index contributed by atoms with van der Waals surface area (Å²) in [5, 5.41) is 28.5. The average Bonchev–Trinajstić information content (AvgIpc) is 3.40. The molecule has 2 atom stereocenters. The number of H-pyrrole nitrogens is 1. The number of nitrogens with one attached hydrogen (secondary N) is 1. The summed E-state index contributed by atoms with van der Waals surface area (Å²) in [6.07, 6.45) is 7.35. The number of carbonyl (C=O) groups excluding carboxylic acids is 1. The highest BCUT2D eigenvalue weighted by Gasteiger charge is 2.20. The maximum absolute atomic E-state index is 12.1. The first-order chi connectivity index (χ1) is 15.3. The molecule has 2 aromatic heterocycles. The van der Waals surface area contributed by atoms with Crippen LogP contribution >= 0.6 is 0 Å². The van der Waals surface area contributed by atoms with Gasteiger partial charge in [0.1, 0.15) is 23.9 Å². The number of phenolic OH excluding ortho intramolecular Hbond substituents is 2. The van der Waals surface area contributed by atoms with Gasteiger partial charge >= 0.3 is 11.9 Å². The third-order valence-electron chi connectivity index (χ3n) is 4.46. The Morgan fingerprint density at radius 2 is 2.12 bits per heavy atom. The van der Waals surface area contributed by atoms with Crippen molar-refractivity contribution in [3.63, 3.8) is 0 Å². The molecule has 3 aromatic rings. The Morgan fingerprint density at radius 1 is 1.31 bits per heavy atom. The number of aromatic amines is 1. The van der Waals surface area contributed by atoms with Crippen LogP contribution in [0.3, 0.4) is 0 Å². The van der Waals surface area contributed by atoms with Crippen LogP contribution in [0.25, 0.3) is 0 Å². The number of phenols is 2. The molecule has 2 heterocycles. The number of imidazole rings is 2. The van der Waals surface area contributed by atoms with Crippen molar-refractivity contribution in [1.29, 1.82) is 0 Å². The zero-order valence-corrected chi connectivity index (χ0v) is 16.8. The lowest BCUT2D eigenvalue weighted by atomic mass is 10.1. The Labute approximate surface area is 182 Å². The van der Waals surface area contributed by atoms with Gasteiger partial charge in [-0.05, 0) is 11.6 Å². The van der Waals surface area contributed by atoms with Crippen molar-refractivity contribution in [1.82, 2.24) is 19.7 Å². The molecule has 32 heavy (non-hydrogen) atoms. The van der Waals surface area contributed by atoms with Crippen molar-refractivity contribution in [2.45, 2.75) is 31.3 Å². The molecule has 0 aliphatic rings. The van der Waals surface area contributed by atoms with Crippen LogP contribution in [0.1, 0.15) is 17.0 Å². The van der Waals surface area contributed by atoms with Crippen LogP contribution in [0.5, 0.6) is 11.5 Å². The molecule has 0 aliphatic heterocycles. The number of rotatable bonds is 10. The first-order valence-corrected chi connectivity index (χ1v) is 9.55. The maximum Gasteiger partial charge on any atom is 0.349 e. The highest BCUT2D eigenvalue weighted by molar-refractivity contribution is 5.77. The summed E-state index contributed by atoms with van der Waals surface area (Å²) >= 11 is 0. The second-order valence-electron chi connectivity index (χ2n) is 6.93. The molecule has 0 fully saturated rings. The second kappa shape index (κ2) is 10.2. The normalized spacial score (nSPS) is 13.2. The minimum atomic E-state index is -1.16. The maximum atomic E-state index is 12.1. The lowest BCUT2D eigenvalue weighted by Gasteiger charge is -2.09. The number of carboxylic acids is 1. The number of aromatic hydroxyl groups is 2. The molecule has 0 amide bonds.